The maximum atomic E-state index is 12.9. The monoisotopic (exact) mass is 380 g/mol. The van der Waals surface area contributed by atoms with Gasteiger partial charge in [-0.3, -0.25) is 4.79 Å². The van der Waals surface area contributed by atoms with E-state index in [9.17, 15) is 14.0 Å². The Labute approximate surface area is 141 Å². The van der Waals surface area contributed by atoms with Crippen LogP contribution in [0.2, 0.25) is 0 Å². The van der Waals surface area contributed by atoms with Gasteiger partial charge in [-0.05, 0) is 65.3 Å². The average Bonchev–Trinajstić information content (AvgIpc) is 2.55. The Hall–Kier alpha value is -2.21. The van der Waals surface area contributed by atoms with Gasteiger partial charge in [-0.2, -0.15) is 0 Å². The largest absolute Gasteiger partial charge is 0.497 e. The number of benzene rings is 2. The number of Topliss-reactive ketones (excluding diaryl/α,β-unsaturated/α-hetero) is 1. The first kappa shape index (κ1) is 17.1. The Morgan fingerprint density at radius 1 is 1.13 bits per heavy atom. The number of rotatable bonds is 5. The van der Waals surface area contributed by atoms with Crippen LogP contribution in [0, 0.1) is 5.82 Å². The molecule has 0 spiro atoms. The van der Waals surface area contributed by atoms with Gasteiger partial charge in [0.05, 0.1) is 12.7 Å². The molecule has 0 saturated carbocycles. The highest BCUT2D eigenvalue weighted by Crippen LogP contribution is 2.24. The lowest BCUT2D eigenvalue weighted by molar-refractivity contribution is 0.0317. The molecular weight excluding hydrogens is 367 g/mol. The van der Waals surface area contributed by atoms with Crippen LogP contribution < -0.4 is 4.74 Å². The van der Waals surface area contributed by atoms with Gasteiger partial charge in [0.2, 0.25) is 5.78 Å². The zero-order valence-corrected chi connectivity index (χ0v) is 14.1. The molecule has 0 aliphatic heterocycles. The summed E-state index contributed by atoms with van der Waals surface area (Å²) in [6.07, 6.45) is -0.994. The summed E-state index contributed by atoms with van der Waals surface area (Å²) in [4.78, 5) is 24.4. The van der Waals surface area contributed by atoms with Crippen LogP contribution >= 0.6 is 15.9 Å². The third-order valence-electron chi connectivity index (χ3n) is 3.18. The molecule has 0 heterocycles. The zero-order valence-electron chi connectivity index (χ0n) is 12.5. The number of carbonyl (C=O) groups is 2. The van der Waals surface area contributed by atoms with Crippen molar-refractivity contribution in [2.75, 3.05) is 7.11 Å². The fourth-order valence-electron chi connectivity index (χ4n) is 1.91. The number of ketones is 1. The summed E-state index contributed by atoms with van der Waals surface area (Å²) in [6, 6.07) is 9.92. The molecule has 0 fully saturated rings. The summed E-state index contributed by atoms with van der Waals surface area (Å²) >= 11 is 3.26. The van der Waals surface area contributed by atoms with Gasteiger partial charge in [0.25, 0.3) is 0 Å². The topological polar surface area (TPSA) is 52.6 Å². The first-order chi connectivity index (χ1) is 10.9. The lowest BCUT2D eigenvalue weighted by atomic mass is 10.1. The average molecular weight is 381 g/mol. The quantitative estimate of drug-likeness (QED) is 0.580. The standard InChI is InChI=1S/C17H14BrFO4/c1-10(16(20)11-3-5-12(19)6-4-11)23-17(21)14-9-13(22-2)7-8-15(14)18/h3-10H,1-2H3/t10-/m0/s1. The molecule has 4 nitrogen and oxygen atoms in total. The Kier molecular flexibility index (Phi) is 5.50. The molecule has 0 aliphatic carbocycles. The summed E-state index contributed by atoms with van der Waals surface area (Å²) in [5, 5.41) is 0. The zero-order chi connectivity index (χ0) is 17.0. The van der Waals surface area contributed by atoms with Crippen molar-refractivity contribution in [2.45, 2.75) is 13.0 Å². The Balaban J connectivity index is 2.13. The number of esters is 1. The minimum absolute atomic E-state index is 0.253. The molecule has 0 amide bonds. The molecule has 120 valence electrons. The highest BCUT2D eigenvalue weighted by molar-refractivity contribution is 9.10. The molecule has 1 atom stereocenters. The SMILES string of the molecule is COc1ccc(Br)c(C(=O)O[C@@H](C)C(=O)c2ccc(F)cc2)c1. The number of methoxy groups -OCH3 is 1. The Morgan fingerprint density at radius 2 is 1.78 bits per heavy atom. The van der Waals surface area contributed by atoms with Crippen molar-refractivity contribution >= 4 is 27.7 Å². The van der Waals surface area contributed by atoms with E-state index in [0.717, 1.165) is 0 Å². The lowest BCUT2D eigenvalue weighted by Crippen LogP contribution is -2.24. The van der Waals surface area contributed by atoms with Crippen LogP contribution in [0.1, 0.15) is 27.6 Å². The lowest BCUT2D eigenvalue weighted by Gasteiger charge is -2.13. The first-order valence-corrected chi connectivity index (χ1v) is 7.56. The van der Waals surface area contributed by atoms with Crippen molar-refractivity contribution in [3.05, 3.63) is 63.9 Å². The highest BCUT2D eigenvalue weighted by atomic mass is 79.9. The summed E-state index contributed by atoms with van der Waals surface area (Å²) in [5.74, 6) is -1.000. The van der Waals surface area contributed by atoms with Crippen LogP contribution in [0.15, 0.2) is 46.9 Å². The predicted molar refractivity (Wildman–Crippen MR) is 86.3 cm³/mol. The van der Waals surface area contributed by atoms with Crippen LogP contribution in [-0.2, 0) is 4.74 Å². The van der Waals surface area contributed by atoms with Crippen molar-refractivity contribution in [1.29, 1.82) is 0 Å². The number of halogens is 2. The van der Waals surface area contributed by atoms with Gasteiger partial charge in [-0.15, -0.1) is 0 Å². The van der Waals surface area contributed by atoms with Crippen molar-refractivity contribution in [1.82, 2.24) is 0 Å². The van der Waals surface area contributed by atoms with E-state index >= 15 is 0 Å². The van der Waals surface area contributed by atoms with Gasteiger partial charge in [0.1, 0.15) is 11.6 Å². The molecule has 0 N–H and O–H groups in total. The van der Waals surface area contributed by atoms with Crippen LogP contribution in [0.25, 0.3) is 0 Å². The van der Waals surface area contributed by atoms with Gasteiger partial charge < -0.3 is 9.47 Å². The van der Waals surface area contributed by atoms with Gasteiger partial charge >= 0.3 is 5.97 Å². The van der Waals surface area contributed by atoms with E-state index in [1.807, 2.05) is 0 Å². The molecule has 6 heteroatoms. The van der Waals surface area contributed by atoms with Crippen LogP contribution in [0.3, 0.4) is 0 Å². The molecule has 0 radical (unpaired) electrons. The third-order valence-corrected chi connectivity index (χ3v) is 3.87. The smallest absolute Gasteiger partial charge is 0.340 e. The number of ether oxygens (including phenoxy) is 2. The van der Waals surface area contributed by atoms with Gasteiger partial charge in [-0.25, -0.2) is 9.18 Å². The Morgan fingerprint density at radius 3 is 2.39 bits per heavy atom. The summed E-state index contributed by atoms with van der Waals surface area (Å²) in [7, 11) is 1.49. The molecule has 0 saturated heterocycles. The number of hydrogen-bond acceptors (Lipinski definition) is 4. The van der Waals surface area contributed by atoms with Gasteiger partial charge in [0.15, 0.2) is 6.10 Å². The maximum Gasteiger partial charge on any atom is 0.340 e. The molecule has 23 heavy (non-hydrogen) atoms. The van der Waals surface area contributed by atoms with E-state index in [2.05, 4.69) is 15.9 Å². The minimum atomic E-state index is -0.994. The molecular formula is C17H14BrFO4. The summed E-state index contributed by atoms with van der Waals surface area (Å²) < 4.78 is 23.7. The molecule has 2 aromatic rings. The fourth-order valence-corrected chi connectivity index (χ4v) is 2.32. The van der Waals surface area contributed by atoms with E-state index in [4.69, 9.17) is 9.47 Å². The Bertz CT molecular complexity index is 728. The summed E-state index contributed by atoms with van der Waals surface area (Å²) in [6.45, 7) is 1.47. The van der Waals surface area contributed by atoms with Crippen LogP contribution in [0.4, 0.5) is 4.39 Å². The predicted octanol–water partition coefficient (Wildman–Crippen LogP) is 4.03. The van der Waals surface area contributed by atoms with Crippen molar-refractivity contribution < 1.29 is 23.5 Å². The number of hydrogen-bond donors (Lipinski definition) is 0. The van der Waals surface area contributed by atoms with Crippen molar-refractivity contribution in [2.24, 2.45) is 0 Å². The second kappa shape index (κ2) is 7.37. The molecule has 0 bridgehead atoms. The molecule has 0 unspecified atom stereocenters. The maximum absolute atomic E-state index is 12.9. The van der Waals surface area contributed by atoms with E-state index in [0.29, 0.717) is 10.2 Å². The third kappa shape index (κ3) is 4.16. The van der Waals surface area contributed by atoms with Crippen molar-refractivity contribution in [3.63, 3.8) is 0 Å². The molecule has 2 rings (SSSR count). The molecule has 0 aromatic heterocycles. The van der Waals surface area contributed by atoms with E-state index in [-0.39, 0.29) is 11.1 Å². The van der Waals surface area contributed by atoms with E-state index in [1.54, 1.807) is 12.1 Å². The second-order valence-corrected chi connectivity index (χ2v) is 5.62. The highest BCUT2D eigenvalue weighted by Gasteiger charge is 2.22. The van der Waals surface area contributed by atoms with E-state index < -0.39 is 23.7 Å². The van der Waals surface area contributed by atoms with E-state index in [1.165, 1.54) is 44.4 Å². The number of carbonyl (C=O) groups excluding carboxylic acids is 2. The summed E-state index contributed by atoms with van der Waals surface area (Å²) in [5.41, 5.74) is 0.527. The van der Waals surface area contributed by atoms with Crippen LogP contribution in [0.5, 0.6) is 5.75 Å². The first-order valence-electron chi connectivity index (χ1n) is 6.76. The molecule has 0 aliphatic rings. The second-order valence-electron chi connectivity index (χ2n) is 4.76. The normalized spacial score (nSPS) is 11.7. The van der Waals surface area contributed by atoms with Crippen molar-refractivity contribution in [3.8, 4) is 5.75 Å². The van der Waals surface area contributed by atoms with Gasteiger partial charge in [-0.1, -0.05) is 0 Å². The molecule has 2 aromatic carbocycles. The minimum Gasteiger partial charge on any atom is -0.497 e. The fraction of sp³-hybridized carbons (Fsp3) is 0.176. The van der Waals surface area contributed by atoms with Gasteiger partial charge in [0, 0.05) is 10.0 Å². The van der Waals surface area contributed by atoms with Crippen LogP contribution in [-0.4, -0.2) is 25.0 Å².